The molecule has 0 atom stereocenters. The fourth-order valence-electron chi connectivity index (χ4n) is 2.94. The van der Waals surface area contributed by atoms with Crippen LogP contribution in [-0.2, 0) is 4.79 Å². The van der Waals surface area contributed by atoms with E-state index in [1.165, 1.54) is 18.2 Å². The highest BCUT2D eigenvalue weighted by Crippen LogP contribution is 2.20. The van der Waals surface area contributed by atoms with E-state index in [-0.39, 0.29) is 5.91 Å². The molecule has 0 spiro atoms. The molecule has 0 radical (unpaired) electrons. The molecule has 0 unspecified atom stereocenters. The Hall–Kier alpha value is -4.13. The van der Waals surface area contributed by atoms with Crippen LogP contribution in [-0.4, -0.2) is 5.91 Å². The van der Waals surface area contributed by atoms with Crippen molar-refractivity contribution in [2.24, 2.45) is 0 Å². The van der Waals surface area contributed by atoms with Gasteiger partial charge in [-0.05, 0) is 55.5 Å². The van der Waals surface area contributed by atoms with E-state index in [0.717, 1.165) is 11.1 Å². The summed E-state index contributed by atoms with van der Waals surface area (Å²) in [6.07, 6.45) is 1.44. The van der Waals surface area contributed by atoms with Gasteiger partial charge >= 0.3 is 11.3 Å². The lowest BCUT2D eigenvalue weighted by Crippen LogP contribution is -2.10. The number of benzene rings is 2. The zero-order chi connectivity index (χ0) is 20.4. The molecule has 2 heterocycles. The molecule has 4 rings (SSSR count). The van der Waals surface area contributed by atoms with Crippen LogP contribution in [0.1, 0.15) is 6.92 Å². The van der Waals surface area contributed by atoms with Gasteiger partial charge in [0.05, 0.1) is 0 Å². The first-order valence-electron chi connectivity index (χ1n) is 8.80. The van der Waals surface area contributed by atoms with Crippen molar-refractivity contribution in [2.45, 2.75) is 6.92 Å². The molecule has 0 saturated heterocycles. The standard InChI is InChI=1S/C22H16N2O5/c1-13(23-16-4-6-18-14(11-16)2-8-21(26)28-18)10-20(25)24-17-5-7-19-15(12-17)3-9-22(27)29-19/h2-12,23H,1H3,(H,24,25)/b13-10+. The van der Waals surface area contributed by atoms with Gasteiger partial charge in [0, 0.05) is 46.1 Å². The first-order valence-corrected chi connectivity index (χ1v) is 8.80. The minimum Gasteiger partial charge on any atom is -0.423 e. The number of carbonyl (C=O) groups is 1. The Morgan fingerprint density at radius 1 is 0.759 bits per heavy atom. The second-order valence-corrected chi connectivity index (χ2v) is 6.46. The molecule has 7 nitrogen and oxygen atoms in total. The maximum atomic E-state index is 12.3. The third-order valence-electron chi connectivity index (χ3n) is 4.20. The van der Waals surface area contributed by atoms with Crippen molar-refractivity contribution in [3.05, 3.63) is 93.3 Å². The van der Waals surface area contributed by atoms with Crippen LogP contribution in [0, 0.1) is 0 Å². The summed E-state index contributed by atoms with van der Waals surface area (Å²) in [5.41, 5.74) is 2.10. The molecule has 0 bridgehead atoms. The summed E-state index contributed by atoms with van der Waals surface area (Å²) < 4.78 is 10.2. The lowest BCUT2D eigenvalue weighted by Gasteiger charge is -2.08. The number of nitrogens with one attached hydrogen (secondary N) is 2. The maximum absolute atomic E-state index is 12.3. The van der Waals surface area contributed by atoms with Crippen LogP contribution >= 0.6 is 0 Å². The minimum atomic E-state index is -0.422. The second kappa shape index (κ2) is 7.47. The molecule has 29 heavy (non-hydrogen) atoms. The average Bonchev–Trinajstić information content (AvgIpc) is 2.68. The van der Waals surface area contributed by atoms with Gasteiger partial charge in [0.2, 0.25) is 5.91 Å². The number of allylic oxidation sites excluding steroid dienone is 1. The van der Waals surface area contributed by atoms with Crippen LogP contribution < -0.4 is 21.9 Å². The van der Waals surface area contributed by atoms with Crippen molar-refractivity contribution < 1.29 is 13.6 Å². The maximum Gasteiger partial charge on any atom is 0.336 e. The fourth-order valence-corrected chi connectivity index (χ4v) is 2.94. The van der Waals surface area contributed by atoms with Crippen molar-refractivity contribution in [1.82, 2.24) is 0 Å². The number of anilines is 2. The van der Waals surface area contributed by atoms with Crippen LogP contribution in [0.3, 0.4) is 0 Å². The van der Waals surface area contributed by atoms with Crippen LogP contribution in [0.15, 0.2) is 90.9 Å². The van der Waals surface area contributed by atoms with Gasteiger partial charge in [0.1, 0.15) is 11.2 Å². The topological polar surface area (TPSA) is 102 Å². The van der Waals surface area contributed by atoms with Crippen molar-refractivity contribution in [2.75, 3.05) is 10.6 Å². The van der Waals surface area contributed by atoms with E-state index >= 15 is 0 Å². The summed E-state index contributed by atoms with van der Waals surface area (Å²) >= 11 is 0. The molecule has 1 amide bonds. The SMILES string of the molecule is C/C(=C\C(=O)Nc1ccc2oc(=O)ccc2c1)Nc1ccc2oc(=O)ccc2c1. The van der Waals surface area contributed by atoms with Gasteiger partial charge in [-0.2, -0.15) is 0 Å². The van der Waals surface area contributed by atoms with Gasteiger partial charge < -0.3 is 19.5 Å². The molecule has 144 valence electrons. The highest BCUT2D eigenvalue weighted by molar-refractivity contribution is 6.01. The summed E-state index contributed by atoms with van der Waals surface area (Å²) in [6, 6.07) is 16.3. The molecule has 2 N–H and O–H groups in total. The molecule has 7 heteroatoms. The molecule has 4 aromatic rings. The number of hydrogen-bond acceptors (Lipinski definition) is 6. The van der Waals surface area contributed by atoms with Crippen molar-refractivity contribution >= 4 is 39.2 Å². The Bertz CT molecular complexity index is 1380. The first-order chi connectivity index (χ1) is 14.0. The van der Waals surface area contributed by atoms with Crippen molar-refractivity contribution in [1.29, 1.82) is 0 Å². The van der Waals surface area contributed by atoms with Crippen LogP contribution in [0.5, 0.6) is 0 Å². The van der Waals surface area contributed by atoms with Crippen LogP contribution in [0.4, 0.5) is 11.4 Å². The lowest BCUT2D eigenvalue weighted by atomic mass is 10.2. The number of carbonyl (C=O) groups excluding carboxylic acids is 1. The van der Waals surface area contributed by atoms with Gasteiger partial charge in [-0.15, -0.1) is 0 Å². The summed E-state index contributed by atoms with van der Waals surface area (Å²) in [4.78, 5) is 34.8. The van der Waals surface area contributed by atoms with Crippen molar-refractivity contribution in [3.8, 4) is 0 Å². The van der Waals surface area contributed by atoms with Gasteiger partial charge in [-0.1, -0.05) is 0 Å². The van der Waals surface area contributed by atoms with E-state index in [4.69, 9.17) is 8.83 Å². The van der Waals surface area contributed by atoms with E-state index < -0.39 is 11.3 Å². The Balaban J connectivity index is 1.47. The molecule has 0 aliphatic rings. The predicted octanol–water partition coefficient (Wildman–Crippen LogP) is 3.85. The second-order valence-electron chi connectivity index (χ2n) is 6.46. The van der Waals surface area contributed by atoms with Crippen molar-refractivity contribution in [3.63, 3.8) is 0 Å². The quantitative estimate of drug-likeness (QED) is 0.407. The summed E-state index contributed by atoms with van der Waals surface area (Å²) in [7, 11) is 0. The normalized spacial score (nSPS) is 11.6. The molecular weight excluding hydrogens is 372 g/mol. The zero-order valence-electron chi connectivity index (χ0n) is 15.4. The van der Waals surface area contributed by atoms with Gasteiger partial charge in [-0.25, -0.2) is 9.59 Å². The monoisotopic (exact) mass is 388 g/mol. The number of rotatable bonds is 4. The Morgan fingerprint density at radius 2 is 1.28 bits per heavy atom. The molecule has 2 aromatic carbocycles. The Morgan fingerprint density at radius 3 is 1.83 bits per heavy atom. The Labute approximate surface area is 164 Å². The molecule has 0 aliphatic heterocycles. The molecular formula is C22H16N2O5. The van der Waals surface area contributed by atoms with E-state index in [1.807, 2.05) is 6.07 Å². The number of fused-ring (bicyclic) bond motifs is 2. The largest absolute Gasteiger partial charge is 0.423 e. The third kappa shape index (κ3) is 4.24. The summed E-state index contributed by atoms with van der Waals surface area (Å²) in [5, 5.41) is 7.39. The minimum absolute atomic E-state index is 0.307. The average molecular weight is 388 g/mol. The highest BCUT2D eigenvalue weighted by atomic mass is 16.4. The van der Waals surface area contributed by atoms with Gasteiger partial charge in [0.15, 0.2) is 0 Å². The van der Waals surface area contributed by atoms with Gasteiger partial charge in [0.25, 0.3) is 0 Å². The summed E-state index contributed by atoms with van der Waals surface area (Å²) in [5.74, 6) is -0.307. The van der Waals surface area contributed by atoms with E-state index in [0.29, 0.717) is 27.9 Å². The van der Waals surface area contributed by atoms with E-state index in [1.54, 1.807) is 49.4 Å². The van der Waals surface area contributed by atoms with Gasteiger partial charge in [-0.3, -0.25) is 4.79 Å². The van der Waals surface area contributed by atoms with E-state index in [9.17, 15) is 14.4 Å². The van der Waals surface area contributed by atoms with E-state index in [2.05, 4.69) is 10.6 Å². The molecule has 0 saturated carbocycles. The van der Waals surface area contributed by atoms with Crippen LogP contribution in [0.25, 0.3) is 21.9 Å². The summed E-state index contributed by atoms with van der Waals surface area (Å²) in [6.45, 7) is 1.77. The lowest BCUT2D eigenvalue weighted by molar-refractivity contribution is -0.111. The smallest absolute Gasteiger partial charge is 0.336 e. The molecule has 2 aromatic heterocycles. The predicted molar refractivity (Wildman–Crippen MR) is 111 cm³/mol. The zero-order valence-corrected chi connectivity index (χ0v) is 15.4. The molecule has 0 aliphatic carbocycles. The Kier molecular flexibility index (Phi) is 4.70. The first kappa shape index (κ1) is 18.2. The fraction of sp³-hybridized carbons (Fsp3) is 0.0455. The number of hydrogen-bond donors (Lipinski definition) is 2. The highest BCUT2D eigenvalue weighted by Gasteiger charge is 2.04. The van der Waals surface area contributed by atoms with Crippen LogP contribution in [0.2, 0.25) is 0 Å². The number of amides is 1. The molecule has 0 fully saturated rings. The third-order valence-corrected chi connectivity index (χ3v) is 4.20.